The maximum absolute atomic E-state index is 12.5. The van der Waals surface area contributed by atoms with Crippen LogP contribution in [0.5, 0.6) is 0 Å². The SMILES string of the molecule is CC(=O)N1CCN(C(=O)C(C)OC(=O)CCCc2nc3ccccc3c(=O)[nH]2)CC1. The number of esters is 1. The molecule has 0 radical (unpaired) electrons. The fourth-order valence-corrected chi connectivity index (χ4v) is 3.46. The van der Waals surface area contributed by atoms with E-state index in [1.165, 1.54) is 6.92 Å². The number of carbonyl (C=O) groups excluding carboxylic acids is 3. The summed E-state index contributed by atoms with van der Waals surface area (Å²) in [5.41, 5.74) is 0.408. The molecule has 1 fully saturated rings. The predicted octanol–water partition coefficient (Wildman–Crippen LogP) is 0.868. The summed E-state index contributed by atoms with van der Waals surface area (Å²) in [6, 6.07) is 7.07. The van der Waals surface area contributed by atoms with Crippen molar-refractivity contribution in [2.45, 2.75) is 39.2 Å². The largest absolute Gasteiger partial charge is 0.453 e. The standard InChI is InChI=1S/C21H26N4O5/c1-14(21(29)25-12-10-24(11-13-25)15(2)26)30-19(27)9-5-8-18-22-17-7-4-3-6-16(17)20(28)23-18/h3-4,6-7,14H,5,8-13H2,1-2H3,(H,22,23,28). The van der Waals surface area contributed by atoms with Gasteiger partial charge in [0.25, 0.3) is 11.5 Å². The number of nitrogens with zero attached hydrogens (tertiary/aromatic N) is 3. The van der Waals surface area contributed by atoms with Crippen LogP contribution in [0, 0.1) is 0 Å². The van der Waals surface area contributed by atoms with E-state index in [4.69, 9.17) is 4.74 Å². The number of aromatic amines is 1. The molecule has 2 aromatic rings. The Bertz CT molecular complexity index is 994. The smallest absolute Gasteiger partial charge is 0.306 e. The van der Waals surface area contributed by atoms with Crippen molar-refractivity contribution < 1.29 is 19.1 Å². The molecule has 1 atom stereocenters. The minimum Gasteiger partial charge on any atom is -0.453 e. The van der Waals surface area contributed by atoms with Gasteiger partial charge in [-0.1, -0.05) is 12.1 Å². The summed E-state index contributed by atoms with van der Waals surface area (Å²) in [4.78, 5) is 58.5. The van der Waals surface area contributed by atoms with Gasteiger partial charge in [-0.15, -0.1) is 0 Å². The number of aryl methyl sites for hydroxylation is 1. The molecule has 0 aliphatic carbocycles. The van der Waals surface area contributed by atoms with E-state index >= 15 is 0 Å². The van der Waals surface area contributed by atoms with Crippen molar-refractivity contribution in [1.29, 1.82) is 0 Å². The zero-order valence-corrected chi connectivity index (χ0v) is 17.2. The van der Waals surface area contributed by atoms with E-state index < -0.39 is 12.1 Å². The maximum atomic E-state index is 12.5. The van der Waals surface area contributed by atoms with Crippen LogP contribution in [0.1, 0.15) is 32.5 Å². The van der Waals surface area contributed by atoms with Crippen LogP contribution in [0.15, 0.2) is 29.1 Å². The Kier molecular flexibility index (Phi) is 6.81. The van der Waals surface area contributed by atoms with Crippen LogP contribution in [0.4, 0.5) is 0 Å². The van der Waals surface area contributed by atoms with Gasteiger partial charge < -0.3 is 19.5 Å². The van der Waals surface area contributed by atoms with E-state index in [9.17, 15) is 19.2 Å². The number of piperazine rings is 1. The van der Waals surface area contributed by atoms with Crippen LogP contribution in [-0.2, 0) is 25.5 Å². The Morgan fingerprint density at radius 1 is 1.13 bits per heavy atom. The molecule has 0 bridgehead atoms. The van der Waals surface area contributed by atoms with Gasteiger partial charge in [0, 0.05) is 45.9 Å². The van der Waals surface area contributed by atoms with Gasteiger partial charge in [-0.2, -0.15) is 0 Å². The van der Waals surface area contributed by atoms with Crippen molar-refractivity contribution in [3.63, 3.8) is 0 Å². The lowest BCUT2D eigenvalue weighted by atomic mass is 10.2. The van der Waals surface area contributed by atoms with Gasteiger partial charge >= 0.3 is 5.97 Å². The Morgan fingerprint density at radius 2 is 1.80 bits per heavy atom. The summed E-state index contributed by atoms with van der Waals surface area (Å²) in [6.45, 7) is 4.89. The van der Waals surface area contributed by atoms with Crippen LogP contribution in [-0.4, -0.2) is 69.8 Å². The van der Waals surface area contributed by atoms with Crippen molar-refractivity contribution in [1.82, 2.24) is 19.8 Å². The molecule has 9 nitrogen and oxygen atoms in total. The summed E-state index contributed by atoms with van der Waals surface area (Å²) in [6.07, 6.45) is 0.106. The normalized spacial score (nSPS) is 15.1. The van der Waals surface area contributed by atoms with Gasteiger partial charge in [-0.25, -0.2) is 4.98 Å². The number of rotatable bonds is 6. The number of ether oxygens (including phenoxy) is 1. The molecule has 3 rings (SSSR count). The molecule has 160 valence electrons. The Balaban J connectivity index is 1.45. The summed E-state index contributed by atoms with van der Waals surface area (Å²) >= 11 is 0. The molecule has 0 saturated carbocycles. The van der Waals surface area contributed by atoms with Crippen molar-refractivity contribution in [3.8, 4) is 0 Å². The highest BCUT2D eigenvalue weighted by Gasteiger charge is 2.27. The molecule has 0 spiro atoms. The number of hydrogen-bond donors (Lipinski definition) is 1. The lowest BCUT2D eigenvalue weighted by Crippen LogP contribution is -2.52. The van der Waals surface area contributed by atoms with Crippen molar-refractivity contribution >= 4 is 28.7 Å². The highest BCUT2D eigenvalue weighted by Crippen LogP contribution is 2.10. The van der Waals surface area contributed by atoms with Gasteiger partial charge in [-0.05, 0) is 25.5 Å². The molecule has 1 aliphatic rings. The van der Waals surface area contributed by atoms with Gasteiger partial charge in [0.15, 0.2) is 6.10 Å². The second-order valence-electron chi connectivity index (χ2n) is 7.35. The Morgan fingerprint density at radius 3 is 2.50 bits per heavy atom. The predicted molar refractivity (Wildman–Crippen MR) is 110 cm³/mol. The number of H-pyrrole nitrogens is 1. The van der Waals surface area contributed by atoms with Crippen molar-refractivity contribution in [2.24, 2.45) is 0 Å². The Labute approximate surface area is 174 Å². The maximum Gasteiger partial charge on any atom is 0.306 e. The zero-order chi connectivity index (χ0) is 21.7. The van der Waals surface area contributed by atoms with Gasteiger partial charge in [-0.3, -0.25) is 19.2 Å². The highest BCUT2D eigenvalue weighted by molar-refractivity contribution is 5.84. The first kappa shape index (κ1) is 21.5. The molecule has 1 unspecified atom stereocenters. The van der Waals surface area contributed by atoms with E-state index in [1.54, 1.807) is 34.9 Å². The van der Waals surface area contributed by atoms with Gasteiger partial charge in [0.2, 0.25) is 5.91 Å². The van der Waals surface area contributed by atoms with Crippen LogP contribution in [0.2, 0.25) is 0 Å². The van der Waals surface area contributed by atoms with Crippen LogP contribution in [0.3, 0.4) is 0 Å². The average Bonchev–Trinajstić information content (AvgIpc) is 2.73. The number of para-hydroxylation sites is 1. The first-order valence-electron chi connectivity index (χ1n) is 10.1. The topological polar surface area (TPSA) is 113 Å². The van der Waals surface area contributed by atoms with E-state index in [1.807, 2.05) is 6.07 Å². The summed E-state index contributed by atoms with van der Waals surface area (Å²) in [7, 11) is 0. The van der Waals surface area contributed by atoms with E-state index in [2.05, 4.69) is 9.97 Å². The lowest BCUT2D eigenvalue weighted by Gasteiger charge is -2.35. The van der Waals surface area contributed by atoms with Crippen molar-refractivity contribution in [3.05, 3.63) is 40.4 Å². The molecule has 2 amide bonds. The zero-order valence-electron chi connectivity index (χ0n) is 17.2. The molecular formula is C21H26N4O5. The second kappa shape index (κ2) is 9.51. The second-order valence-corrected chi connectivity index (χ2v) is 7.35. The summed E-state index contributed by atoms with van der Waals surface area (Å²) in [5, 5.41) is 0.525. The molecule has 1 N–H and O–H groups in total. The lowest BCUT2D eigenvalue weighted by molar-refractivity contribution is -0.160. The first-order chi connectivity index (χ1) is 14.3. The average molecular weight is 414 g/mol. The molecule has 9 heteroatoms. The third kappa shape index (κ3) is 5.22. The molecular weight excluding hydrogens is 388 g/mol. The van der Waals surface area contributed by atoms with Crippen LogP contribution < -0.4 is 5.56 Å². The molecule has 1 saturated heterocycles. The first-order valence-corrected chi connectivity index (χ1v) is 10.1. The molecule has 1 aliphatic heterocycles. The summed E-state index contributed by atoms with van der Waals surface area (Å²) in [5.74, 6) is -0.226. The molecule has 2 heterocycles. The van der Waals surface area contributed by atoms with Gasteiger partial charge in [0.05, 0.1) is 10.9 Å². The molecule has 1 aromatic heterocycles. The number of nitrogens with one attached hydrogen (secondary N) is 1. The number of hydrogen-bond acceptors (Lipinski definition) is 6. The number of carbonyl (C=O) groups is 3. The molecule has 1 aromatic carbocycles. The quantitative estimate of drug-likeness (QED) is 0.702. The third-order valence-corrected chi connectivity index (χ3v) is 5.15. The fraction of sp³-hybridized carbons (Fsp3) is 0.476. The highest BCUT2D eigenvalue weighted by atomic mass is 16.5. The van der Waals surface area contributed by atoms with Crippen LogP contribution >= 0.6 is 0 Å². The third-order valence-electron chi connectivity index (χ3n) is 5.15. The monoisotopic (exact) mass is 414 g/mol. The van der Waals surface area contributed by atoms with Crippen molar-refractivity contribution in [2.75, 3.05) is 26.2 Å². The minimum atomic E-state index is -0.875. The molecule has 30 heavy (non-hydrogen) atoms. The number of benzene rings is 1. The minimum absolute atomic E-state index is 0.0103. The van der Waals surface area contributed by atoms with E-state index in [0.29, 0.717) is 55.7 Å². The van der Waals surface area contributed by atoms with E-state index in [0.717, 1.165) is 0 Å². The Hall–Kier alpha value is -3.23. The summed E-state index contributed by atoms with van der Waals surface area (Å²) < 4.78 is 5.27. The van der Waals surface area contributed by atoms with Crippen LogP contribution in [0.25, 0.3) is 10.9 Å². The fourth-order valence-electron chi connectivity index (χ4n) is 3.46. The number of aromatic nitrogens is 2. The van der Waals surface area contributed by atoms with Gasteiger partial charge in [0.1, 0.15) is 5.82 Å². The van der Waals surface area contributed by atoms with E-state index in [-0.39, 0.29) is 23.8 Å². The number of amides is 2. The number of fused-ring (bicyclic) bond motifs is 1.